The van der Waals surface area contributed by atoms with Gasteiger partial charge in [-0.15, -0.1) is 11.3 Å². The maximum absolute atomic E-state index is 5.74. The smallest absolute Gasteiger partial charge is 0.0429 e. The summed E-state index contributed by atoms with van der Waals surface area (Å²) in [6, 6.07) is 10.7. The molecular weight excluding hydrogens is 228 g/mol. The van der Waals surface area contributed by atoms with Gasteiger partial charge in [-0.05, 0) is 37.6 Å². The fourth-order valence-corrected chi connectivity index (χ4v) is 2.73. The highest BCUT2D eigenvalue weighted by atomic mass is 32.1. The van der Waals surface area contributed by atoms with Crippen LogP contribution in [0.15, 0.2) is 35.7 Å². The van der Waals surface area contributed by atoms with Gasteiger partial charge in [-0.3, -0.25) is 0 Å². The van der Waals surface area contributed by atoms with Crippen LogP contribution in [0.25, 0.3) is 10.4 Å². The number of hydrogen-bond donors (Lipinski definition) is 1. The Bertz CT molecular complexity index is 469. The number of hydrogen-bond acceptors (Lipinski definition) is 3. The first-order valence-corrected chi connectivity index (χ1v) is 6.82. The molecule has 0 spiro atoms. The molecule has 1 aromatic heterocycles. The molecule has 0 aliphatic heterocycles. The highest BCUT2D eigenvalue weighted by Gasteiger charge is 2.04. The number of nitrogens with zero attached hydrogens (tertiary/aromatic N) is 1. The highest BCUT2D eigenvalue weighted by Crippen LogP contribution is 2.29. The third kappa shape index (κ3) is 2.61. The topological polar surface area (TPSA) is 29.3 Å². The van der Waals surface area contributed by atoms with Crippen LogP contribution in [0.3, 0.4) is 0 Å². The van der Waals surface area contributed by atoms with Crippen LogP contribution in [0.2, 0.25) is 0 Å². The van der Waals surface area contributed by atoms with Gasteiger partial charge in [0.2, 0.25) is 0 Å². The van der Waals surface area contributed by atoms with E-state index in [1.54, 1.807) is 11.3 Å². The standard InChI is InChI=1S/C14H18N2S/c1-3-16(4-2)13-7-5-11(6-8-13)14-9-12(15)10-17-14/h5-10H,3-4,15H2,1-2H3. The predicted octanol–water partition coefficient (Wildman–Crippen LogP) is 3.84. The number of rotatable bonds is 4. The van der Waals surface area contributed by atoms with E-state index in [-0.39, 0.29) is 0 Å². The lowest BCUT2D eigenvalue weighted by molar-refractivity contribution is 0.866. The second-order valence-electron chi connectivity index (χ2n) is 3.96. The van der Waals surface area contributed by atoms with Crippen LogP contribution >= 0.6 is 11.3 Å². The maximum atomic E-state index is 5.74. The molecule has 0 aliphatic rings. The molecule has 0 amide bonds. The number of benzene rings is 1. The molecule has 3 heteroatoms. The summed E-state index contributed by atoms with van der Waals surface area (Å²) < 4.78 is 0. The first-order valence-electron chi connectivity index (χ1n) is 5.94. The van der Waals surface area contributed by atoms with E-state index < -0.39 is 0 Å². The summed E-state index contributed by atoms with van der Waals surface area (Å²) in [7, 11) is 0. The van der Waals surface area contributed by atoms with Gasteiger partial charge in [-0.2, -0.15) is 0 Å². The largest absolute Gasteiger partial charge is 0.398 e. The number of thiophene rings is 1. The second kappa shape index (κ2) is 5.23. The SMILES string of the molecule is CCN(CC)c1ccc(-c2cc(N)cs2)cc1. The summed E-state index contributed by atoms with van der Waals surface area (Å²) in [4.78, 5) is 3.57. The molecule has 0 saturated heterocycles. The molecule has 0 unspecified atom stereocenters. The van der Waals surface area contributed by atoms with Crippen LogP contribution < -0.4 is 10.6 Å². The molecule has 0 bridgehead atoms. The molecule has 0 fully saturated rings. The molecular formula is C14H18N2S. The van der Waals surface area contributed by atoms with Gasteiger partial charge < -0.3 is 10.6 Å². The Labute approximate surface area is 107 Å². The van der Waals surface area contributed by atoms with Gasteiger partial charge in [-0.25, -0.2) is 0 Å². The molecule has 2 aromatic rings. The number of anilines is 2. The normalized spacial score (nSPS) is 10.5. The number of nitrogens with two attached hydrogens (primary N) is 1. The Morgan fingerprint density at radius 2 is 1.76 bits per heavy atom. The zero-order valence-corrected chi connectivity index (χ0v) is 11.1. The van der Waals surface area contributed by atoms with Crippen molar-refractivity contribution in [2.75, 3.05) is 23.7 Å². The first-order chi connectivity index (χ1) is 8.24. The third-order valence-corrected chi connectivity index (χ3v) is 3.90. The van der Waals surface area contributed by atoms with E-state index in [2.05, 4.69) is 43.0 Å². The average Bonchev–Trinajstić information content (AvgIpc) is 2.78. The van der Waals surface area contributed by atoms with Gasteiger partial charge in [0.15, 0.2) is 0 Å². The lowest BCUT2D eigenvalue weighted by atomic mass is 10.1. The molecule has 2 rings (SSSR count). The summed E-state index contributed by atoms with van der Waals surface area (Å²) in [5.74, 6) is 0. The molecule has 1 heterocycles. The van der Waals surface area contributed by atoms with Crippen LogP contribution in [-0.2, 0) is 0 Å². The Balaban J connectivity index is 2.23. The minimum Gasteiger partial charge on any atom is -0.398 e. The zero-order chi connectivity index (χ0) is 12.3. The van der Waals surface area contributed by atoms with Crippen molar-refractivity contribution in [2.24, 2.45) is 0 Å². The monoisotopic (exact) mass is 246 g/mol. The molecule has 0 aliphatic carbocycles. The van der Waals surface area contributed by atoms with E-state index in [0.717, 1.165) is 18.8 Å². The van der Waals surface area contributed by atoms with Gasteiger partial charge in [0.25, 0.3) is 0 Å². The number of nitrogen functional groups attached to an aromatic ring is 1. The van der Waals surface area contributed by atoms with Crippen molar-refractivity contribution in [1.82, 2.24) is 0 Å². The molecule has 90 valence electrons. The Kier molecular flexibility index (Phi) is 3.69. The van der Waals surface area contributed by atoms with Crippen molar-refractivity contribution in [2.45, 2.75) is 13.8 Å². The Hall–Kier alpha value is -1.48. The van der Waals surface area contributed by atoms with Crippen LogP contribution in [0.5, 0.6) is 0 Å². The molecule has 17 heavy (non-hydrogen) atoms. The molecule has 2 N–H and O–H groups in total. The quantitative estimate of drug-likeness (QED) is 0.888. The molecule has 0 saturated carbocycles. The van der Waals surface area contributed by atoms with E-state index in [4.69, 9.17) is 5.73 Å². The molecule has 0 radical (unpaired) electrons. The summed E-state index contributed by atoms with van der Waals surface area (Å²) in [5, 5.41) is 1.98. The second-order valence-corrected chi connectivity index (χ2v) is 4.87. The van der Waals surface area contributed by atoms with Gasteiger partial charge in [-0.1, -0.05) is 12.1 Å². The fraction of sp³-hybridized carbons (Fsp3) is 0.286. The highest BCUT2D eigenvalue weighted by molar-refractivity contribution is 7.14. The van der Waals surface area contributed by atoms with Crippen LogP contribution in [0, 0.1) is 0 Å². The lowest BCUT2D eigenvalue weighted by Gasteiger charge is -2.21. The van der Waals surface area contributed by atoms with Gasteiger partial charge in [0, 0.05) is 34.7 Å². The molecule has 0 atom stereocenters. The summed E-state index contributed by atoms with van der Waals surface area (Å²) in [6.45, 7) is 6.44. The minimum atomic E-state index is 0.845. The van der Waals surface area contributed by atoms with Crippen LogP contribution in [0.1, 0.15) is 13.8 Å². The van der Waals surface area contributed by atoms with E-state index in [1.165, 1.54) is 16.1 Å². The van der Waals surface area contributed by atoms with E-state index in [9.17, 15) is 0 Å². The van der Waals surface area contributed by atoms with Crippen LogP contribution in [0.4, 0.5) is 11.4 Å². The average molecular weight is 246 g/mol. The Morgan fingerprint density at radius 3 is 2.24 bits per heavy atom. The van der Waals surface area contributed by atoms with E-state index in [0.29, 0.717) is 0 Å². The minimum absolute atomic E-state index is 0.845. The fourth-order valence-electron chi connectivity index (χ4n) is 1.93. The third-order valence-electron chi connectivity index (χ3n) is 2.90. The van der Waals surface area contributed by atoms with Crippen molar-refractivity contribution >= 4 is 22.7 Å². The van der Waals surface area contributed by atoms with Crippen molar-refractivity contribution in [3.05, 3.63) is 35.7 Å². The first kappa shape index (κ1) is 12.0. The summed E-state index contributed by atoms with van der Waals surface area (Å²) in [6.07, 6.45) is 0. The van der Waals surface area contributed by atoms with Gasteiger partial charge >= 0.3 is 0 Å². The Morgan fingerprint density at radius 1 is 1.12 bits per heavy atom. The molecule has 2 nitrogen and oxygen atoms in total. The summed E-state index contributed by atoms with van der Waals surface area (Å²) >= 11 is 1.69. The lowest BCUT2D eigenvalue weighted by Crippen LogP contribution is -2.21. The molecule has 1 aromatic carbocycles. The predicted molar refractivity (Wildman–Crippen MR) is 77.7 cm³/mol. The van der Waals surface area contributed by atoms with Gasteiger partial charge in [0.1, 0.15) is 0 Å². The van der Waals surface area contributed by atoms with Crippen molar-refractivity contribution in [3.8, 4) is 10.4 Å². The van der Waals surface area contributed by atoms with Crippen molar-refractivity contribution < 1.29 is 0 Å². The van der Waals surface area contributed by atoms with E-state index >= 15 is 0 Å². The maximum Gasteiger partial charge on any atom is 0.0429 e. The van der Waals surface area contributed by atoms with Crippen molar-refractivity contribution in [3.63, 3.8) is 0 Å². The zero-order valence-electron chi connectivity index (χ0n) is 10.3. The van der Waals surface area contributed by atoms with Gasteiger partial charge in [0.05, 0.1) is 0 Å². The van der Waals surface area contributed by atoms with Crippen LogP contribution in [-0.4, -0.2) is 13.1 Å². The van der Waals surface area contributed by atoms with E-state index in [1.807, 2.05) is 11.4 Å². The van der Waals surface area contributed by atoms with Crippen molar-refractivity contribution in [1.29, 1.82) is 0 Å². The summed E-state index contributed by atoms with van der Waals surface area (Å²) in [5.41, 5.74) is 9.10.